The summed E-state index contributed by atoms with van der Waals surface area (Å²) in [4.78, 5) is 26.3. The molecule has 32 heavy (non-hydrogen) atoms. The summed E-state index contributed by atoms with van der Waals surface area (Å²) in [6.07, 6.45) is 1.11. The van der Waals surface area contributed by atoms with Crippen LogP contribution < -0.4 is 15.2 Å². The number of amides is 1. The predicted octanol–water partition coefficient (Wildman–Crippen LogP) is 2.81. The second-order valence-electron chi connectivity index (χ2n) is 7.39. The van der Waals surface area contributed by atoms with Gasteiger partial charge in [-0.3, -0.25) is 18.6 Å². The van der Waals surface area contributed by atoms with Crippen molar-refractivity contribution >= 4 is 27.3 Å². The summed E-state index contributed by atoms with van der Waals surface area (Å²) in [6.45, 7) is 3.35. The van der Waals surface area contributed by atoms with E-state index in [9.17, 15) is 22.4 Å². The molecule has 1 heterocycles. The Morgan fingerprint density at radius 1 is 1.12 bits per heavy atom. The third kappa shape index (κ3) is 4.45. The Balaban J connectivity index is 2.01. The number of hydrogen-bond acceptors (Lipinski definition) is 4. The standard InChI is InChI=1S/C22H25FN4O4S/c1-5-19(27(32(4,30)31)18-13-11-16(23)12-14-18)21(28)24-20-15(2)25(3)26(22(20)29)17-9-7-6-8-10-17/h6-14,19H,5H2,1-4H3,(H,24,28)/t19-/m1/s1. The zero-order valence-electron chi connectivity index (χ0n) is 18.2. The van der Waals surface area contributed by atoms with Gasteiger partial charge in [0.15, 0.2) is 0 Å². The third-order valence-corrected chi connectivity index (χ3v) is 6.39. The molecule has 0 fully saturated rings. The number of rotatable bonds is 7. The van der Waals surface area contributed by atoms with E-state index in [4.69, 9.17) is 0 Å². The highest BCUT2D eigenvalue weighted by Gasteiger charge is 2.32. The highest BCUT2D eigenvalue weighted by Crippen LogP contribution is 2.24. The molecule has 0 unspecified atom stereocenters. The fourth-order valence-electron chi connectivity index (χ4n) is 3.57. The Hall–Kier alpha value is -3.40. The molecule has 1 amide bonds. The molecule has 0 spiro atoms. The topological polar surface area (TPSA) is 93.4 Å². The molecule has 1 atom stereocenters. The lowest BCUT2D eigenvalue weighted by atomic mass is 10.2. The average molecular weight is 461 g/mol. The first-order chi connectivity index (χ1) is 15.1. The summed E-state index contributed by atoms with van der Waals surface area (Å²) in [5.74, 6) is -1.19. The summed E-state index contributed by atoms with van der Waals surface area (Å²) in [7, 11) is -2.19. The van der Waals surface area contributed by atoms with Crippen LogP contribution in [0.15, 0.2) is 59.4 Å². The van der Waals surface area contributed by atoms with Crippen LogP contribution >= 0.6 is 0 Å². The van der Waals surface area contributed by atoms with Gasteiger partial charge < -0.3 is 5.32 Å². The van der Waals surface area contributed by atoms with Crippen LogP contribution in [0.1, 0.15) is 19.0 Å². The molecule has 0 radical (unpaired) electrons. The number of aromatic nitrogens is 2. The molecule has 170 valence electrons. The number of carbonyl (C=O) groups excluding carboxylic acids is 1. The zero-order valence-corrected chi connectivity index (χ0v) is 19.1. The Bertz CT molecular complexity index is 1280. The normalized spacial score (nSPS) is 12.4. The number of halogens is 1. The molecule has 8 nitrogen and oxygen atoms in total. The van der Waals surface area contributed by atoms with Crippen LogP contribution in [0, 0.1) is 12.7 Å². The van der Waals surface area contributed by atoms with Crippen LogP contribution in [0.5, 0.6) is 0 Å². The molecule has 0 saturated carbocycles. The SMILES string of the molecule is CC[C@H](C(=O)Nc1c(C)n(C)n(-c2ccccc2)c1=O)N(c1ccc(F)cc1)S(C)(=O)=O. The van der Waals surface area contributed by atoms with E-state index < -0.39 is 33.3 Å². The van der Waals surface area contributed by atoms with Crippen molar-refractivity contribution in [1.29, 1.82) is 0 Å². The van der Waals surface area contributed by atoms with E-state index in [2.05, 4.69) is 5.32 Å². The number of carbonyl (C=O) groups is 1. The van der Waals surface area contributed by atoms with Gasteiger partial charge in [-0.1, -0.05) is 25.1 Å². The minimum absolute atomic E-state index is 0.0624. The van der Waals surface area contributed by atoms with Crippen LogP contribution in [0.3, 0.4) is 0 Å². The molecule has 0 aliphatic heterocycles. The minimum atomic E-state index is -3.88. The maximum absolute atomic E-state index is 13.4. The highest BCUT2D eigenvalue weighted by atomic mass is 32.2. The van der Waals surface area contributed by atoms with Gasteiger partial charge in [-0.15, -0.1) is 0 Å². The summed E-state index contributed by atoms with van der Waals surface area (Å²) in [5, 5.41) is 2.62. The molecule has 0 saturated heterocycles. The van der Waals surface area contributed by atoms with E-state index >= 15 is 0 Å². The first-order valence-electron chi connectivity index (χ1n) is 9.96. The van der Waals surface area contributed by atoms with Gasteiger partial charge in [-0.05, 0) is 49.7 Å². The van der Waals surface area contributed by atoms with Crippen molar-refractivity contribution in [3.8, 4) is 5.69 Å². The molecule has 0 aliphatic carbocycles. The number of nitrogens with zero attached hydrogens (tertiary/aromatic N) is 3. The van der Waals surface area contributed by atoms with Crippen LogP contribution in [0.25, 0.3) is 5.69 Å². The van der Waals surface area contributed by atoms with Crippen LogP contribution in [0.4, 0.5) is 15.8 Å². The van der Waals surface area contributed by atoms with E-state index in [1.807, 2.05) is 6.07 Å². The van der Waals surface area contributed by atoms with Gasteiger partial charge in [0.2, 0.25) is 15.9 Å². The summed E-state index contributed by atoms with van der Waals surface area (Å²) >= 11 is 0. The number of benzene rings is 2. The van der Waals surface area contributed by atoms with E-state index in [1.165, 1.54) is 16.8 Å². The first-order valence-corrected chi connectivity index (χ1v) is 11.8. The quantitative estimate of drug-likeness (QED) is 0.587. The lowest BCUT2D eigenvalue weighted by Gasteiger charge is -2.30. The molecular formula is C22H25FN4O4S. The lowest BCUT2D eigenvalue weighted by molar-refractivity contribution is -0.117. The van der Waals surface area contributed by atoms with Crippen molar-refractivity contribution in [2.45, 2.75) is 26.3 Å². The van der Waals surface area contributed by atoms with Crippen molar-refractivity contribution < 1.29 is 17.6 Å². The van der Waals surface area contributed by atoms with Crippen LogP contribution in [0.2, 0.25) is 0 Å². The molecule has 3 rings (SSSR count). The zero-order chi connectivity index (χ0) is 23.6. The summed E-state index contributed by atoms with van der Waals surface area (Å²) < 4.78 is 42.4. The number of hydrogen-bond donors (Lipinski definition) is 1. The molecule has 0 aliphatic rings. The summed E-state index contributed by atoms with van der Waals surface area (Å²) in [6, 6.07) is 12.6. The number of sulfonamides is 1. The molecule has 1 aromatic heterocycles. The Labute approximate surface area is 185 Å². The largest absolute Gasteiger partial charge is 0.318 e. The van der Waals surface area contributed by atoms with Crippen molar-refractivity contribution in [1.82, 2.24) is 9.36 Å². The Morgan fingerprint density at radius 2 is 1.72 bits per heavy atom. The maximum Gasteiger partial charge on any atom is 0.295 e. The second kappa shape index (κ2) is 8.99. The molecule has 3 aromatic rings. The molecular weight excluding hydrogens is 435 g/mol. The Morgan fingerprint density at radius 3 is 2.25 bits per heavy atom. The van der Waals surface area contributed by atoms with Crippen LogP contribution in [-0.4, -0.2) is 36.0 Å². The van der Waals surface area contributed by atoms with Gasteiger partial charge in [0, 0.05) is 7.05 Å². The summed E-state index contributed by atoms with van der Waals surface area (Å²) in [5.41, 5.74) is 0.913. The second-order valence-corrected chi connectivity index (χ2v) is 9.24. The monoisotopic (exact) mass is 460 g/mol. The lowest BCUT2D eigenvalue weighted by Crippen LogP contribution is -2.47. The van der Waals surface area contributed by atoms with Gasteiger partial charge in [0.1, 0.15) is 17.5 Å². The van der Waals surface area contributed by atoms with Crippen LogP contribution in [-0.2, 0) is 21.9 Å². The van der Waals surface area contributed by atoms with E-state index in [0.717, 1.165) is 22.7 Å². The number of para-hydroxylation sites is 1. The first kappa shape index (κ1) is 23.3. The van der Waals surface area contributed by atoms with Crippen molar-refractivity contribution in [2.24, 2.45) is 7.05 Å². The fraction of sp³-hybridized carbons (Fsp3) is 0.273. The Kier molecular flexibility index (Phi) is 6.54. The third-order valence-electron chi connectivity index (χ3n) is 5.21. The highest BCUT2D eigenvalue weighted by molar-refractivity contribution is 7.92. The molecule has 10 heteroatoms. The van der Waals surface area contributed by atoms with Gasteiger partial charge in [-0.2, -0.15) is 0 Å². The molecule has 1 N–H and O–H groups in total. The van der Waals surface area contributed by atoms with E-state index in [1.54, 1.807) is 49.8 Å². The number of anilines is 2. The van der Waals surface area contributed by atoms with Gasteiger partial charge in [0.05, 0.1) is 23.3 Å². The molecule has 2 aromatic carbocycles. The minimum Gasteiger partial charge on any atom is -0.318 e. The van der Waals surface area contributed by atoms with E-state index in [0.29, 0.717) is 11.4 Å². The maximum atomic E-state index is 13.4. The number of nitrogens with one attached hydrogen (secondary N) is 1. The van der Waals surface area contributed by atoms with Crippen molar-refractivity contribution in [2.75, 3.05) is 15.9 Å². The predicted molar refractivity (Wildman–Crippen MR) is 122 cm³/mol. The average Bonchev–Trinajstić information content (AvgIpc) is 2.95. The van der Waals surface area contributed by atoms with Gasteiger partial charge >= 0.3 is 0 Å². The molecule has 0 bridgehead atoms. The fourth-order valence-corrected chi connectivity index (χ4v) is 4.78. The van der Waals surface area contributed by atoms with Gasteiger partial charge in [0.25, 0.3) is 5.56 Å². The van der Waals surface area contributed by atoms with Crippen molar-refractivity contribution in [3.05, 3.63) is 76.5 Å². The van der Waals surface area contributed by atoms with E-state index in [-0.39, 0.29) is 17.8 Å². The smallest absolute Gasteiger partial charge is 0.295 e. The van der Waals surface area contributed by atoms with Gasteiger partial charge in [-0.25, -0.2) is 17.5 Å². The van der Waals surface area contributed by atoms with Crippen molar-refractivity contribution in [3.63, 3.8) is 0 Å².